The van der Waals surface area contributed by atoms with Crippen LogP contribution in [0.3, 0.4) is 0 Å². The Morgan fingerprint density at radius 1 is 0.385 bits per heavy atom. The van der Waals surface area contributed by atoms with Gasteiger partial charge in [-0.2, -0.15) is 0 Å². The average Bonchev–Trinajstić information content (AvgIpc) is 4.04. The number of para-hydroxylation sites is 2. The SMILES string of the molecule is C1CCOC1.C1CCOC1.Oc1nc2ccccc2s1.Oc1nc2ccccc2s1.[CH]1[CH][CH][CH][CH]1.[CH]1[CH][CH][CH][CH]1.[CH]1[CH][CH][CH][CH]1.[CH]1[CH][CH][CH][CH]1.[Yb+2].[Yb+2]. The number of hydrogen-bond donors (Lipinski definition) is 2. The molecular weight excluding hydrogens is 1010 g/mol. The van der Waals surface area contributed by atoms with Crippen molar-refractivity contribution in [1.82, 2.24) is 9.97 Å². The monoisotopic (exact) mass is 1050 g/mol. The molecule has 52 heavy (non-hydrogen) atoms. The van der Waals surface area contributed by atoms with Crippen molar-refractivity contribution in [3.8, 4) is 10.4 Å². The molecule has 0 amide bonds. The van der Waals surface area contributed by atoms with Crippen molar-refractivity contribution in [3.05, 3.63) is 177 Å². The largest absolute Gasteiger partial charge is 2.00 e. The Morgan fingerprint density at radius 2 is 0.615 bits per heavy atom. The van der Waals surface area contributed by atoms with Gasteiger partial charge in [0.2, 0.25) is 0 Å². The number of nitrogens with zero attached hydrogens (tertiary/aromatic N) is 2. The van der Waals surface area contributed by atoms with Gasteiger partial charge in [0, 0.05) is 26.4 Å². The van der Waals surface area contributed by atoms with E-state index in [-0.39, 0.29) is 104 Å². The third kappa shape index (κ3) is 26.6. The van der Waals surface area contributed by atoms with Gasteiger partial charge in [0.05, 0.1) is 20.4 Å². The number of ether oxygens (including phenoxy) is 2. The summed E-state index contributed by atoms with van der Waals surface area (Å²) in [7, 11) is 0. The van der Waals surface area contributed by atoms with Crippen LogP contribution in [0.15, 0.2) is 48.5 Å². The minimum atomic E-state index is 0. The summed E-state index contributed by atoms with van der Waals surface area (Å²) in [5.41, 5.74) is 1.73. The third-order valence-electron chi connectivity index (χ3n) is 6.44. The van der Waals surface area contributed by atoms with E-state index in [0.29, 0.717) is 0 Å². The van der Waals surface area contributed by atoms with E-state index in [1.807, 2.05) is 177 Å². The van der Waals surface area contributed by atoms with Crippen LogP contribution in [0, 0.1) is 222 Å². The van der Waals surface area contributed by atoms with Gasteiger partial charge in [0.1, 0.15) is 0 Å². The van der Waals surface area contributed by atoms with Gasteiger partial charge in [-0.25, -0.2) is 9.97 Å². The van der Waals surface area contributed by atoms with Gasteiger partial charge >= 0.3 is 93.8 Å². The van der Waals surface area contributed by atoms with E-state index in [0.717, 1.165) is 46.9 Å². The van der Waals surface area contributed by atoms with Crippen LogP contribution in [0.4, 0.5) is 0 Å². The van der Waals surface area contributed by atoms with Crippen LogP contribution in [0.25, 0.3) is 20.4 Å². The maximum atomic E-state index is 8.96. The van der Waals surface area contributed by atoms with E-state index < -0.39 is 0 Å². The molecule has 2 N–H and O–H groups in total. The van der Waals surface area contributed by atoms with E-state index in [1.165, 1.54) is 48.4 Å². The molecule has 10 rings (SSSR count). The number of rotatable bonds is 0. The molecule has 0 spiro atoms. The molecule has 0 atom stereocenters. The summed E-state index contributed by atoms with van der Waals surface area (Å²) in [4.78, 5) is 7.77. The zero-order valence-corrected chi connectivity index (χ0v) is 33.8. The maximum Gasteiger partial charge on any atom is 2.00 e. The number of aromatic hydroxyl groups is 2. The van der Waals surface area contributed by atoms with Gasteiger partial charge < -0.3 is 19.7 Å². The van der Waals surface area contributed by atoms with Gasteiger partial charge in [0.15, 0.2) is 0 Å². The van der Waals surface area contributed by atoms with E-state index in [2.05, 4.69) is 9.97 Å². The predicted molar refractivity (Wildman–Crippen MR) is 209 cm³/mol. The molecule has 6 aliphatic rings. The van der Waals surface area contributed by atoms with Crippen LogP contribution in [0.5, 0.6) is 10.4 Å². The Hall–Kier alpha value is 0.779. The molecule has 0 unspecified atom stereocenters. The van der Waals surface area contributed by atoms with Gasteiger partial charge in [-0.05, 0) is 178 Å². The Morgan fingerprint density at radius 3 is 0.808 bits per heavy atom. The van der Waals surface area contributed by atoms with Crippen molar-refractivity contribution in [2.75, 3.05) is 26.4 Å². The quantitative estimate of drug-likeness (QED) is 0.183. The first-order chi connectivity index (χ1) is 24.7. The fourth-order valence-electron chi connectivity index (χ4n) is 4.02. The molecule has 0 bridgehead atoms. The molecule has 284 valence electrons. The van der Waals surface area contributed by atoms with Crippen LogP contribution in [-0.4, -0.2) is 46.6 Å². The Kier molecular flexibility index (Phi) is 35.3. The number of benzene rings is 2. The summed E-state index contributed by atoms with van der Waals surface area (Å²) >= 11 is 2.59. The zero-order chi connectivity index (χ0) is 35.2. The molecule has 10 heteroatoms. The van der Waals surface area contributed by atoms with Gasteiger partial charge in [-0.3, -0.25) is 0 Å². The fourth-order valence-corrected chi connectivity index (χ4v) is 5.43. The summed E-state index contributed by atoms with van der Waals surface area (Å²) in [6.07, 6.45) is 45.1. The van der Waals surface area contributed by atoms with Crippen LogP contribution in [-0.2, 0) is 9.47 Å². The van der Waals surface area contributed by atoms with E-state index >= 15 is 0 Å². The van der Waals surface area contributed by atoms with Crippen molar-refractivity contribution in [3.63, 3.8) is 0 Å². The summed E-state index contributed by atoms with van der Waals surface area (Å²) in [6.45, 7) is 4.00. The first-order valence-electron chi connectivity index (χ1n) is 16.6. The van der Waals surface area contributed by atoms with Crippen molar-refractivity contribution < 1.29 is 114 Å². The molecular formula is C42H46N2O4S2Yb2+4. The minimum Gasteiger partial charge on any atom is -0.486 e. The average molecular weight is 1050 g/mol. The number of hydrogen-bond acceptors (Lipinski definition) is 8. The summed E-state index contributed by atoms with van der Waals surface area (Å²) < 4.78 is 11.9. The minimum absolute atomic E-state index is 0. The van der Waals surface area contributed by atoms with E-state index in [4.69, 9.17) is 19.7 Å². The molecule has 6 nitrogen and oxygen atoms in total. The van der Waals surface area contributed by atoms with E-state index in [1.54, 1.807) is 0 Å². The Balaban J connectivity index is 0.000000302. The topological polar surface area (TPSA) is 84.7 Å². The van der Waals surface area contributed by atoms with Crippen molar-refractivity contribution in [2.24, 2.45) is 0 Å². The standard InChI is InChI=1S/2C7H5NOS.4C5H5.2C4H8O.2Yb/c2*9-7-8-5-3-1-2-4-6(5)10-7;6*1-2-4-5-3-1;;/h2*1-4H,(H,8,9);4*1-5H;2*1-4H2;;/q;;;;;;;;2*+2. The van der Waals surface area contributed by atoms with Crippen molar-refractivity contribution >= 4 is 43.1 Å². The molecule has 2 aliphatic heterocycles. The second kappa shape index (κ2) is 36.1. The molecule has 2 aromatic carbocycles. The van der Waals surface area contributed by atoms with Crippen LogP contribution in [0.2, 0.25) is 0 Å². The second-order valence-corrected chi connectivity index (χ2v) is 12.4. The Labute approximate surface area is 400 Å². The molecule has 4 aromatic rings. The normalized spacial score (nSPS) is 17.8. The summed E-state index contributed by atoms with van der Waals surface area (Å²) in [6, 6.07) is 15.3. The van der Waals surface area contributed by atoms with Gasteiger partial charge in [-0.15, -0.1) is 0 Å². The van der Waals surface area contributed by atoms with Crippen LogP contribution < -0.4 is 0 Å². The summed E-state index contributed by atoms with van der Waals surface area (Å²) in [5, 5.41) is 18.2. The van der Waals surface area contributed by atoms with E-state index in [9.17, 15) is 0 Å². The smallest absolute Gasteiger partial charge is 0.486 e. The van der Waals surface area contributed by atoms with Gasteiger partial charge in [-0.1, -0.05) is 46.9 Å². The molecule has 2 saturated heterocycles. The van der Waals surface area contributed by atoms with Gasteiger partial charge in [0.25, 0.3) is 10.4 Å². The molecule has 20 radical (unpaired) electrons. The second-order valence-electron chi connectivity index (χ2n) is 10.4. The zero-order valence-electron chi connectivity index (χ0n) is 28.8. The molecule has 6 fully saturated rings. The molecule has 4 saturated carbocycles. The molecule has 2 aromatic heterocycles. The van der Waals surface area contributed by atoms with Crippen LogP contribution in [0.1, 0.15) is 25.7 Å². The van der Waals surface area contributed by atoms with Crippen molar-refractivity contribution in [1.29, 1.82) is 0 Å². The third-order valence-corrected chi connectivity index (χ3v) is 8.12. The first-order valence-corrected chi connectivity index (χ1v) is 18.3. The molecule has 4 heterocycles. The number of fused-ring (bicyclic) bond motifs is 2. The molecule has 4 aliphatic carbocycles. The number of aromatic nitrogens is 2. The predicted octanol–water partition coefficient (Wildman–Crippen LogP) is 9.68. The fraction of sp³-hybridized carbons (Fsp3) is 0.190. The Bertz CT molecular complexity index is 1070. The first kappa shape index (κ1) is 50.8. The van der Waals surface area contributed by atoms with Crippen LogP contribution >= 0.6 is 22.7 Å². The summed E-state index contributed by atoms with van der Waals surface area (Å²) in [5.74, 6) is 0. The number of thiazole rings is 2. The maximum absolute atomic E-state index is 8.96. The van der Waals surface area contributed by atoms with Crippen molar-refractivity contribution in [2.45, 2.75) is 25.7 Å².